The van der Waals surface area contributed by atoms with Crippen LogP contribution in [0.5, 0.6) is 0 Å². The van der Waals surface area contributed by atoms with Crippen molar-refractivity contribution in [2.45, 2.75) is 51.2 Å². The van der Waals surface area contributed by atoms with Gasteiger partial charge in [0.25, 0.3) is 0 Å². The van der Waals surface area contributed by atoms with Gasteiger partial charge >= 0.3 is 0 Å². The third-order valence-corrected chi connectivity index (χ3v) is 4.92. The van der Waals surface area contributed by atoms with Crippen molar-refractivity contribution in [1.29, 1.82) is 0 Å². The molecule has 0 atom stereocenters. The van der Waals surface area contributed by atoms with E-state index in [-0.39, 0.29) is 0 Å². The first-order chi connectivity index (χ1) is 11.8. The zero-order chi connectivity index (χ0) is 16.6. The fraction of sp³-hybridized carbons (Fsp3) is 0.429. The lowest BCUT2D eigenvalue weighted by molar-refractivity contribution is 0.184. The number of nitrogens with zero attached hydrogens (tertiary/aromatic N) is 1. The van der Waals surface area contributed by atoms with E-state index in [0.29, 0.717) is 0 Å². The van der Waals surface area contributed by atoms with Gasteiger partial charge in [0.05, 0.1) is 0 Å². The molecule has 1 aliphatic carbocycles. The van der Waals surface area contributed by atoms with Crippen LogP contribution in [0.3, 0.4) is 0 Å². The highest BCUT2D eigenvalue weighted by molar-refractivity contribution is 5.41. The molecule has 0 saturated heterocycles. The molecule has 2 aromatic carbocycles. The Morgan fingerprint density at radius 3 is 2.46 bits per heavy atom. The van der Waals surface area contributed by atoms with Crippen LogP contribution in [0.25, 0.3) is 0 Å². The number of hydrogen-bond acceptors (Lipinski definition) is 3. The summed E-state index contributed by atoms with van der Waals surface area (Å²) >= 11 is 0. The van der Waals surface area contributed by atoms with E-state index in [9.17, 15) is 0 Å². The average Bonchev–Trinajstić information content (AvgIpc) is 2.64. The fourth-order valence-corrected chi connectivity index (χ4v) is 3.55. The van der Waals surface area contributed by atoms with Crippen molar-refractivity contribution < 1.29 is 0 Å². The number of anilines is 1. The highest BCUT2D eigenvalue weighted by Gasteiger charge is 2.17. The Hall–Kier alpha value is -1.84. The molecule has 0 unspecified atom stereocenters. The van der Waals surface area contributed by atoms with Crippen LogP contribution >= 0.6 is 0 Å². The van der Waals surface area contributed by atoms with Crippen LogP contribution in [0.15, 0.2) is 54.6 Å². The minimum Gasteiger partial charge on any atom is -0.321 e. The smallest absolute Gasteiger partial charge is 0.0487 e. The number of benzene rings is 2. The number of hydrogen-bond donors (Lipinski definition) is 2. The summed E-state index contributed by atoms with van der Waals surface area (Å²) in [6.07, 6.45) is 6.92. The molecule has 3 heteroatoms. The minimum atomic E-state index is 0.764. The summed E-state index contributed by atoms with van der Waals surface area (Å²) < 4.78 is 0. The van der Waals surface area contributed by atoms with Crippen LogP contribution in [0, 0.1) is 0 Å². The van der Waals surface area contributed by atoms with Gasteiger partial charge in [-0.1, -0.05) is 61.7 Å². The summed E-state index contributed by atoms with van der Waals surface area (Å²) in [5.41, 5.74) is 10.3. The molecule has 3 rings (SSSR count). The van der Waals surface area contributed by atoms with Crippen LogP contribution in [0.2, 0.25) is 0 Å². The molecule has 0 spiro atoms. The van der Waals surface area contributed by atoms with E-state index >= 15 is 0 Å². The predicted octanol–water partition coefficient (Wildman–Crippen LogP) is 4.57. The van der Waals surface area contributed by atoms with Gasteiger partial charge in [0.15, 0.2) is 0 Å². The minimum absolute atomic E-state index is 0.764. The molecule has 2 aromatic rings. The summed E-state index contributed by atoms with van der Waals surface area (Å²) in [6, 6.07) is 19.9. The molecule has 24 heavy (non-hydrogen) atoms. The van der Waals surface area contributed by atoms with Gasteiger partial charge in [-0.15, -0.1) is 0 Å². The Morgan fingerprint density at radius 1 is 0.917 bits per heavy atom. The molecule has 0 bridgehead atoms. The Bertz CT molecular complexity index is 605. The zero-order valence-electron chi connectivity index (χ0n) is 14.7. The maximum Gasteiger partial charge on any atom is 0.0487 e. The molecule has 1 fully saturated rings. The predicted molar refractivity (Wildman–Crippen MR) is 102 cm³/mol. The monoisotopic (exact) mass is 323 g/mol. The van der Waals surface area contributed by atoms with Gasteiger partial charge in [-0.25, -0.2) is 5.43 Å². The molecular formula is C21H29N3. The summed E-state index contributed by atoms with van der Waals surface area (Å²) in [4.78, 5) is 2.54. The van der Waals surface area contributed by atoms with E-state index in [1.54, 1.807) is 0 Å². The second-order valence-electron chi connectivity index (χ2n) is 6.87. The lowest BCUT2D eigenvalue weighted by Gasteiger charge is -2.31. The van der Waals surface area contributed by atoms with Crippen molar-refractivity contribution >= 4 is 5.69 Å². The van der Waals surface area contributed by atoms with Crippen LogP contribution in [0.1, 0.15) is 43.2 Å². The molecule has 1 aliphatic rings. The Kier molecular flexibility index (Phi) is 6.27. The normalized spacial score (nSPS) is 15.6. The van der Waals surface area contributed by atoms with E-state index in [1.165, 1.54) is 43.2 Å². The van der Waals surface area contributed by atoms with Gasteiger partial charge in [0.1, 0.15) is 0 Å². The second-order valence-corrected chi connectivity index (χ2v) is 6.87. The second kappa shape index (κ2) is 8.86. The van der Waals surface area contributed by atoms with Crippen LogP contribution < -0.4 is 10.9 Å². The molecule has 128 valence electrons. The van der Waals surface area contributed by atoms with Gasteiger partial charge in [-0.2, -0.15) is 0 Å². The van der Waals surface area contributed by atoms with E-state index in [1.807, 2.05) is 18.2 Å². The first-order valence-electron chi connectivity index (χ1n) is 9.13. The lowest BCUT2D eigenvalue weighted by atomic mass is 9.94. The van der Waals surface area contributed by atoms with Crippen LogP contribution in [-0.4, -0.2) is 18.0 Å². The number of rotatable bonds is 7. The average molecular weight is 323 g/mol. The fourth-order valence-electron chi connectivity index (χ4n) is 3.55. The third kappa shape index (κ3) is 5.08. The highest BCUT2D eigenvalue weighted by Crippen LogP contribution is 2.23. The molecular weight excluding hydrogens is 294 g/mol. The zero-order valence-corrected chi connectivity index (χ0v) is 14.7. The van der Waals surface area contributed by atoms with E-state index < -0.39 is 0 Å². The topological polar surface area (TPSA) is 27.3 Å². The Balaban J connectivity index is 1.50. The van der Waals surface area contributed by atoms with Gasteiger partial charge < -0.3 is 5.43 Å². The van der Waals surface area contributed by atoms with E-state index in [4.69, 9.17) is 0 Å². The molecule has 3 nitrogen and oxygen atoms in total. The van der Waals surface area contributed by atoms with Gasteiger partial charge in [-0.05, 0) is 43.1 Å². The summed E-state index contributed by atoms with van der Waals surface area (Å²) in [6.45, 7) is 1.86. The summed E-state index contributed by atoms with van der Waals surface area (Å²) in [7, 11) is 2.28. The first-order valence-corrected chi connectivity index (χ1v) is 9.13. The molecule has 0 amide bonds. The van der Waals surface area contributed by atoms with Crippen molar-refractivity contribution in [2.75, 3.05) is 12.5 Å². The lowest BCUT2D eigenvalue weighted by Crippen LogP contribution is -2.32. The molecule has 0 radical (unpaired) electrons. The molecule has 1 saturated carbocycles. The van der Waals surface area contributed by atoms with Gasteiger partial charge in [0.2, 0.25) is 0 Å². The van der Waals surface area contributed by atoms with Crippen LogP contribution in [-0.2, 0) is 13.1 Å². The van der Waals surface area contributed by atoms with Crippen LogP contribution in [0.4, 0.5) is 5.69 Å². The molecule has 0 aromatic heterocycles. The number of nitrogens with one attached hydrogen (secondary N) is 2. The maximum absolute atomic E-state index is 3.30. The molecule has 2 N–H and O–H groups in total. The van der Waals surface area contributed by atoms with E-state index in [0.717, 1.165) is 24.8 Å². The largest absolute Gasteiger partial charge is 0.321 e. The van der Waals surface area contributed by atoms with Gasteiger partial charge in [0, 0.05) is 24.8 Å². The number of hydrazine groups is 1. The molecule has 0 heterocycles. The van der Waals surface area contributed by atoms with Crippen molar-refractivity contribution in [3.8, 4) is 0 Å². The highest BCUT2D eigenvalue weighted by atomic mass is 15.3. The Labute approximate surface area is 146 Å². The summed E-state index contributed by atoms with van der Waals surface area (Å²) in [5, 5.41) is 0. The van der Waals surface area contributed by atoms with E-state index in [2.05, 4.69) is 59.2 Å². The SMILES string of the molecule is CN(Cc1cccc(CNNc2ccccc2)c1)C1CCCCC1. The standard InChI is InChI=1S/C21H29N3/c1-24(21-13-6-3-7-14-21)17-19-10-8-9-18(15-19)16-22-23-20-11-4-2-5-12-20/h2,4-5,8-12,15,21-23H,3,6-7,13-14,16-17H2,1H3. The maximum atomic E-state index is 3.30. The summed E-state index contributed by atoms with van der Waals surface area (Å²) in [5.74, 6) is 0. The van der Waals surface area contributed by atoms with Crippen molar-refractivity contribution in [2.24, 2.45) is 0 Å². The van der Waals surface area contributed by atoms with Crippen molar-refractivity contribution in [1.82, 2.24) is 10.3 Å². The van der Waals surface area contributed by atoms with Gasteiger partial charge in [-0.3, -0.25) is 4.90 Å². The van der Waals surface area contributed by atoms with Crippen molar-refractivity contribution in [3.63, 3.8) is 0 Å². The quantitative estimate of drug-likeness (QED) is 0.731. The third-order valence-electron chi connectivity index (χ3n) is 4.92. The number of para-hydroxylation sites is 1. The van der Waals surface area contributed by atoms with Crippen molar-refractivity contribution in [3.05, 3.63) is 65.7 Å². The Morgan fingerprint density at radius 2 is 1.67 bits per heavy atom. The molecule has 0 aliphatic heterocycles. The first kappa shape index (κ1) is 17.0.